The first-order valence-electron chi connectivity index (χ1n) is 11.9. The highest BCUT2D eigenvalue weighted by atomic mass is 16.5. The van der Waals surface area contributed by atoms with Crippen molar-refractivity contribution < 1.29 is 23.9 Å². The van der Waals surface area contributed by atoms with Crippen LogP contribution in [-0.2, 0) is 23.9 Å². The van der Waals surface area contributed by atoms with Gasteiger partial charge in [0, 0.05) is 26.1 Å². The predicted molar refractivity (Wildman–Crippen MR) is 128 cm³/mol. The lowest BCUT2D eigenvalue weighted by atomic mass is 9.84. The Balaban J connectivity index is 3.16. The Morgan fingerprint density at radius 3 is 2.24 bits per heavy atom. The summed E-state index contributed by atoms with van der Waals surface area (Å²) in [6, 6.07) is -1.71. The van der Waals surface area contributed by atoms with Crippen LogP contribution >= 0.6 is 0 Å². The minimum atomic E-state index is -0.789. The fraction of sp³-hybridized carbons (Fsp3) is 0.760. The summed E-state index contributed by atoms with van der Waals surface area (Å²) in [6.45, 7) is 15.4. The summed E-state index contributed by atoms with van der Waals surface area (Å²) in [4.78, 5) is 54.1. The van der Waals surface area contributed by atoms with E-state index in [9.17, 15) is 19.2 Å². The summed E-state index contributed by atoms with van der Waals surface area (Å²) >= 11 is 0. The van der Waals surface area contributed by atoms with Gasteiger partial charge in [0.2, 0.25) is 17.7 Å². The normalized spacial score (nSPS) is 19.0. The molecule has 0 aromatic carbocycles. The average Bonchev–Trinajstić information content (AvgIpc) is 2.73. The quantitative estimate of drug-likeness (QED) is 0.439. The number of esters is 1. The first-order chi connectivity index (χ1) is 15.2. The second-order valence-corrected chi connectivity index (χ2v) is 10.3. The molecule has 0 aromatic heterocycles. The van der Waals surface area contributed by atoms with Crippen LogP contribution in [0.15, 0.2) is 11.6 Å². The molecule has 0 spiro atoms. The number of carbonyl (C=O) groups excluding carboxylic acids is 4. The Morgan fingerprint density at radius 1 is 1.15 bits per heavy atom. The predicted octanol–water partition coefficient (Wildman–Crippen LogP) is 2.91. The third-order valence-electron chi connectivity index (χ3n) is 6.11. The van der Waals surface area contributed by atoms with Gasteiger partial charge < -0.3 is 19.9 Å². The minimum absolute atomic E-state index is 0.0335. The summed E-state index contributed by atoms with van der Waals surface area (Å²) < 4.78 is 5.08. The first-order valence-corrected chi connectivity index (χ1v) is 11.9. The molecule has 1 aliphatic heterocycles. The van der Waals surface area contributed by atoms with Gasteiger partial charge in [-0.1, -0.05) is 40.7 Å². The van der Waals surface area contributed by atoms with Gasteiger partial charge in [0.15, 0.2) is 0 Å². The zero-order valence-electron chi connectivity index (χ0n) is 21.9. The summed E-state index contributed by atoms with van der Waals surface area (Å²) in [5.41, 5.74) is -0.121. The maximum Gasteiger partial charge on any atom is 0.333 e. The zero-order chi connectivity index (χ0) is 25.5. The summed E-state index contributed by atoms with van der Waals surface area (Å²) in [6.07, 6.45) is 4.07. The number of hydrogen-bond acceptors (Lipinski definition) is 5. The first kappa shape index (κ1) is 28.7. The fourth-order valence-corrected chi connectivity index (χ4v) is 4.14. The molecule has 0 aromatic rings. The van der Waals surface area contributed by atoms with E-state index < -0.39 is 23.5 Å². The molecular weight excluding hydrogens is 422 g/mol. The fourth-order valence-electron chi connectivity index (χ4n) is 4.14. The van der Waals surface area contributed by atoms with Crippen molar-refractivity contribution in [3.05, 3.63) is 11.6 Å². The summed E-state index contributed by atoms with van der Waals surface area (Å²) in [5.74, 6) is -1.05. The number of nitrogens with one attached hydrogen (secondary N) is 1. The number of likely N-dealkylation sites (tertiary alicyclic amines) is 1. The molecule has 0 radical (unpaired) electrons. The number of carbonyl (C=O) groups is 4. The molecule has 0 unspecified atom stereocenters. The monoisotopic (exact) mass is 465 g/mol. The molecule has 3 atom stereocenters. The third kappa shape index (κ3) is 7.86. The summed E-state index contributed by atoms with van der Waals surface area (Å²) in [5, 5.41) is 2.95. The molecule has 3 amide bonds. The van der Waals surface area contributed by atoms with Crippen LogP contribution in [0.4, 0.5) is 0 Å². The van der Waals surface area contributed by atoms with Crippen LogP contribution in [0.25, 0.3) is 0 Å². The van der Waals surface area contributed by atoms with Crippen LogP contribution in [0.1, 0.15) is 74.7 Å². The molecule has 33 heavy (non-hydrogen) atoms. The number of hydrogen-bond donors (Lipinski definition) is 1. The molecule has 0 bridgehead atoms. The van der Waals surface area contributed by atoms with Gasteiger partial charge in [-0.2, -0.15) is 0 Å². The largest absolute Gasteiger partial charge is 0.463 e. The molecule has 1 aliphatic rings. The van der Waals surface area contributed by atoms with Gasteiger partial charge in [-0.05, 0) is 44.4 Å². The highest BCUT2D eigenvalue weighted by Gasteiger charge is 2.39. The molecule has 1 fully saturated rings. The number of ether oxygens (including phenoxy) is 1. The standard InChI is InChI=1S/C25H43N3O5/c1-10-33-24(32)17(4)15-20(16(2)3)27(9)23(31)21(25(6,7)8)26-22(30)19-13-11-12-14-28(19)18(5)29/h15-16,19-21H,10-14H2,1-9H3,(H,26,30)/t19-,20-,21-/m1/s1. The lowest BCUT2D eigenvalue weighted by molar-refractivity contribution is -0.145. The van der Waals surface area contributed by atoms with Crippen LogP contribution in [0.5, 0.6) is 0 Å². The molecule has 8 heteroatoms. The van der Waals surface area contributed by atoms with Crippen molar-refractivity contribution in [2.24, 2.45) is 11.3 Å². The number of rotatable bonds is 8. The Hall–Kier alpha value is -2.38. The van der Waals surface area contributed by atoms with Crippen molar-refractivity contribution in [2.45, 2.75) is 92.8 Å². The van der Waals surface area contributed by atoms with Gasteiger partial charge >= 0.3 is 5.97 Å². The second-order valence-electron chi connectivity index (χ2n) is 10.3. The van der Waals surface area contributed by atoms with E-state index in [1.807, 2.05) is 34.6 Å². The molecule has 8 nitrogen and oxygen atoms in total. The number of likely N-dealkylation sites (N-methyl/N-ethyl adjacent to an activating group) is 1. The lowest BCUT2D eigenvalue weighted by Gasteiger charge is -2.39. The van der Waals surface area contributed by atoms with Gasteiger partial charge in [0.25, 0.3) is 0 Å². The van der Waals surface area contributed by atoms with Gasteiger partial charge in [-0.25, -0.2) is 4.79 Å². The van der Waals surface area contributed by atoms with Crippen molar-refractivity contribution in [3.8, 4) is 0 Å². The molecule has 1 heterocycles. The molecular formula is C25H43N3O5. The lowest BCUT2D eigenvalue weighted by Crippen LogP contribution is -2.60. The van der Waals surface area contributed by atoms with E-state index in [-0.39, 0.29) is 36.3 Å². The number of piperidine rings is 1. The van der Waals surface area contributed by atoms with Crippen LogP contribution in [0, 0.1) is 11.3 Å². The second kappa shape index (κ2) is 12.2. The van der Waals surface area contributed by atoms with Crippen molar-refractivity contribution in [2.75, 3.05) is 20.2 Å². The Kier molecular flexibility index (Phi) is 10.6. The Morgan fingerprint density at radius 2 is 1.76 bits per heavy atom. The molecule has 188 valence electrons. The Labute approximate surface area is 199 Å². The van der Waals surface area contributed by atoms with Gasteiger partial charge in [-0.3, -0.25) is 14.4 Å². The molecule has 0 saturated carbocycles. The molecule has 0 aliphatic carbocycles. The molecule has 1 rings (SSSR count). The average molecular weight is 466 g/mol. The van der Waals surface area contributed by atoms with Crippen molar-refractivity contribution in [3.63, 3.8) is 0 Å². The Bertz CT molecular complexity index is 754. The number of nitrogens with zero attached hydrogens (tertiary/aromatic N) is 2. The minimum Gasteiger partial charge on any atom is -0.463 e. The highest BCUT2D eigenvalue weighted by molar-refractivity contribution is 5.92. The zero-order valence-corrected chi connectivity index (χ0v) is 21.9. The SMILES string of the molecule is CCOC(=O)C(C)=C[C@H](C(C)C)N(C)C(=O)[C@@H](NC(=O)[C@H]1CCCCN1C(C)=O)C(C)(C)C. The van der Waals surface area contributed by atoms with E-state index in [0.717, 1.165) is 12.8 Å². The smallest absolute Gasteiger partial charge is 0.333 e. The summed E-state index contributed by atoms with van der Waals surface area (Å²) in [7, 11) is 1.69. The van der Waals surface area contributed by atoms with E-state index in [0.29, 0.717) is 18.5 Å². The van der Waals surface area contributed by atoms with Crippen LogP contribution in [0.3, 0.4) is 0 Å². The highest BCUT2D eigenvalue weighted by Crippen LogP contribution is 2.25. The van der Waals surface area contributed by atoms with E-state index in [2.05, 4.69) is 5.32 Å². The van der Waals surface area contributed by atoms with Gasteiger partial charge in [0.1, 0.15) is 12.1 Å². The van der Waals surface area contributed by atoms with Gasteiger partial charge in [-0.15, -0.1) is 0 Å². The van der Waals surface area contributed by atoms with Gasteiger partial charge in [0.05, 0.1) is 12.6 Å². The maximum absolute atomic E-state index is 13.6. The van der Waals surface area contributed by atoms with E-state index >= 15 is 0 Å². The number of amides is 3. The molecule has 1 N–H and O–H groups in total. The molecule has 1 saturated heterocycles. The van der Waals surface area contributed by atoms with E-state index in [1.54, 1.807) is 36.8 Å². The van der Waals surface area contributed by atoms with Crippen LogP contribution < -0.4 is 5.32 Å². The van der Waals surface area contributed by atoms with E-state index in [4.69, 9.17) is 4.74 Å². The van der Waals surface area contributed by atoms with Crippen LogP contribution in [-0.4, -0.2) is 71.8 Å². The van der Waals surface area contributed by atoms with Crippen molar-refractivity contribution in [1.82, 2.24) is 15.1 Å². The third-order valence-corrected chi connectivity index (χ3v) is 6.11. The van der Waals surface area contributed by atoms with Crippen LogP contribution in [0.2, 0.25) is 0 Å². The maximum atomic E-state index is 13.6. The van der Waals surface area contributed by atoms with Crippen molar-refractivity contribution in [1.29, 1.82) is 0 Å². The van der Waals surface area contributed by atoms with Crippen molar-refractivity contribution >= 4 is 23.7 Å². The topological polar surface area (TPSA) is 96.0 Å². The van der Waals surface area contributed by atoms with E-state index in [1.165, 1.54) is 6.92 Å².